The van der Waals surface area contributed by atoms with Crippen LogP contribution in [0, 0.1) is 0 Å². The van der Waals surface area contributed by atoms with Gasteiger partial charge in [0.2, 0.25) is 0 Å². The Morgan fingerprint density at radius 1 is 0.290 bits per heavy atom. The predicted octanol–water partition coefficient (Wildman–Crippen LogP) is 12.1. The van der Waals surface area contributed by atoms with Gasteiger partial charge in [-0.25, -0.2) is 0 Å². The van der Waals surface area contributed by atoms with Crippen molar-refractivity contribution in [1.29, 1.82) is 0 Å². The molecule has 10 aromatic rings. The third kappa shape index (κ3) is 4.05. The lowest BCUT2D eigenvalue weighted by Gasteiger charge is -2.51. The summed E-state index contributed by atoms with van der Waals surface area (Å²) in [4.78, 5) is 5.08. The Kier molecular flexibility index (Phi) is 6.82. The molecule has 4 aliphatic heterocycles. The average molecular weight is 803 g/mol. The topological polar surface area (TPSA) is 6.48 Å². The summed E-state index contributed by atoms with van der Waals surface area (Å²) in [5.74, 6) is 0. The lowest BCUT2D eigenvalue weighted by Crippen LogP contribution is -2.70. The summed E-state index contributed by atoms with van der Waals surface area (Å²) in [5.41, 5.74) is 17.2. The summed E-state index contributed by atoms with van der Waals surface area (Å²) in [6.45, 7) is 0. The molecule has 0 saturated heterocycles. The molecule has 2 nitrogen and oxygen atoms in total. The minimum absolute atomic E-state index is 0.593. The molecule has 0 fully saturated rings. The van der Waals surface area contributed by atoms with Gasteiger partial charge in [-0.1, -0.05) is 188 Å². The van der Waals surface area contributed by atoms with E-state index in [0.717, 1.165) is 5.69 Å². The first-order valence-corrected chi connectivity index (χ1v) is 23.7. The van der Waals surface area contributed by atoms with Crippen molar-refractivity contribution in [2.75, 3.05) is 9.80 Å². The number of fused-ring (bicyclic) bond motifs is 20. The third-order valence-electron chi connectivity index (χ3n) is 14.4. The van der Waals surface area contributed by atoms with Gasteiger partial charge in [-0.3, -0.25) is 0 Å². The van der Waals surface area contributed by atoms with Crippen LogP contribution in [0.5, 0.6) is 0 Å². The molecule has 0 radical (unpaired) electrons. The molecule has 2 spiro atoms. The van der Waals surface area contributed by atoms with Gasteiger partial charge >= 0.3 is 0 Å². The zero-order valence-electron chi connectivity index (χ0n) is 33.8. The molecule has 62 heavy (non-hydrogen) atoms. The Balaban J connectivity index is 1.10. The molecule has 14 rings (SSSR count). The van der Waals surface area contributed by atoms with Crippen LogP contribution in [0.1, 0.15) is 22.3 Å². The van der Waals surface area contributed by atoms with Gasteiger partial charge in [0.1, 0.15) is 0 Å². The van der Waals surface area contributed by atoms with Gasteiger partial charge < -0.3 is 9.80 Å². The van der Waals surface area contributed by atoms with E-state index in [9.17, 15) is 0 Å². The van der Waals surface area contributed by atoms with Gasteiger partial charge in [0.05, 0.1) is 33.9 Å². The quantitative estimate of drug-likeness (QED) is 0.161. The summed E-state index contributed by atoms with van der Waals surface area (Å²) in [6, 6.07) is 87.2. The van der Waals surface area contributed by atoms with E-state index in [4.69, 9.17) is 0 Å². The minimum atomic E-state index is -2.75. The lowest BCUT2D eigenvalue weighted by atomic mass is 9.60. The zero-order valence-corrected chi connectivity index (χ0v) is 34.8. The molecule has 288 valence electrons. The number of nitrogens with zero attached hydrogens (tertiary/aromatic N) is 2. The normalized spacial score (nSPS) is 15.0. The second-order valence-electron chi connectivity index (χ2n) is 17.1. The first-order valence-electron chi connectivity index (χ1n) is 21.7. The van der Waals surface area contributed by atoms with Crippen molar-refractivity contribution in [1.82, 2.24) is 0 Å². The number of rotatable bonds is 2. The fourth-order valence-electron chi connectivity index (χ4n) is 12.3. The van der Waals surface area contributed by atoms with E-state index in [2.05, 4.69) is 240 Å². The highest BCUT2D eigenvalue weighted by atomic mass is 28.3. The van der Waals surface area contributed by atoms with Crippen LogP contribution in [0.2, 0.25) is 0 Å². The number of hydrogen-bond acceptors (Lipinski definition) is 2. The number of benzene rings is 10. The summed E-state index contributed by atoms with van der Waals surface area (Å²) < 4.78 is 0. The molecule has 0 aliphatic carbocycles. The van der Waals surface area contributed by atoms with E-state index in [0.29, 0.717) is 0 Å². The minimum Gasteiger partial charge on any atom is -0.310 e. The highest BCUT2D eigenvalue weighted by Crippen LogP contribution is 2.64. The maximum absolute atomic E-state index is 2.75. The molecule has 0 unspecified atom stereocenters. The van der Waals surface area contributed by atoms with Crippen molar-refractivity contribution in [2.45, 2.75) is 5.41 Å². The van der Waals surface area contributed by atoms with Crippen molar-refractivity contribution >= 4 is 73.7 Å². The smallest absolute Gasteiger partial charge is 0.182 e. The van der Waals surface area contributed by atoms with E-state index in [1.54, 1.807) is 0 Å². The maximum Gasteiger partial charge on any atom is 0.182 e. The highest BCUT2D eigenvalue weighted by Gasteiger charge is 2.56. The second kappa shape index (κ2) is 12.4. The Morgan fingerprint density at radius 2 is 0.677 bits per heavy atom. The molecule has 0 bridgehead atoms. The van der Waals surface area contributed by atoms with Crippen molar-refractivity contribution in [3.05, 3.63) is 253 Å². The lowest BCUT2D eigenvalue weighted by molar-refractivity contribution is 0.719. The molecule has 3 heteroatoms. The summed E-state index contributed by atoms with van der Waals surface area (Å²) >= 11 is 0. The fraction of sp³-hybridized carbons (Fsp3) is 0.0169. The van der Waals surface area contributed by atoms with Crippen molar-refractivity contribution in [3.8, 4) is 22.3 Å². The zero-order chi connectivity index (χ0) is 40.6. The molecule has 0 saturated carbocycles. The van der Waals surface area contributed by atoms with Gasteiger partial charge in [0, 0.05) is 11.1 Å². The number of hydrogen-bond donors (Lipinski definition) is 0. The van der Waals surface area contributed by atoms with E-state index in [1.165, 1.54) is 104 Å². The van der Waals surface area contributed by atoms with Gasteiger partial charge in [-0.15, -0.1) is 0 Å². The summed E-state index contributed by atoms with van der Waals surface area (Å²) in [5, 5.41) is 8.52. The number of anilines is 6. The molecule has 4 aliphatic rings. The first-order chi connectivity index (χ1) is 30.8. The highest BCUT2D eigenvalue weighted by molar-refractivity contribution is 7.24. The molecule has 10 aromatic carbocycles. The molecule has 0 amide bonds. The Morgan fingerprint density at radius 3 is 1.21 bits per heavy atom. The molecule has 0 N–H and O–H groups in total. The molecule has 4 heterocycles. The molecular weight excluding hydrogens is 765 g/mol. The maximum atomic E-state index is 2.63. The van der Waals surface area contributed by atoms with Crippen molar-refractivity contribution < 1.29 is 0 Å². The van der Waals surface area contributed by atoms with Crippen LogP contribution in [0.25, 0.3) is 33.0 Å². The Hall–Kier alpha value is -7.72. The van der Waals surface area contributed by atoms with E-state index in [1.807, 2.05) is 0 Å². The summed E-state index contributed by atoms with van der Waals surface area (Å²) in [6.07, 6.45) is 0. The van der Waals surface area contributed by atoms with E-state index < -0.39 is 13.5 Å². The second-order valence-corrected chi connectivity index (χ2v) is 20.7. The van der Waals surface area contributed by atoms with Gasteiger partial charge in [0.25, 0.3) is 0 Å². The van der Waals surface area contributed by atoms with Crippen LogP contribution in [0.4, 0.5) is 34.1 Å². The number of para-hydroxylation sites is 5. The predicted molar refractivity (Wildman–Crippen MR) is 260 cm³/mol. The fourth-order valence-corrected chi connectivity index (χ4v) is 17.9. The Labute approximate surface area is 362 Å². The third-order valence-corrected chi connectivity index (χ3v) is 19.4. The Bertz CT molecular complexity index is 3370. The molecular formula is C59H38N2Si. The molecule has 0 atom stereocenters. The monoisotopic (exact) mass is 802 g/mol. The van der Waals surface area contributed by atoms with Crippen LogP contribution in [0.15, 0.2) is 231 Å². The van der Waals surface area contributed by atoms with Crippen LogP contribution < -0.4 is 30.5 Å². The first kappa shape index (κ1) is 34.0. The largest absolute Gasteiger partial charge is 0.310 e. The van der Waals surface area contributed by atoms with E-state index in [-0.39, 0.29) is 0 Å². The summed E-state index contributed by atoms with van der Waals surface area (Å²) in [7, 11) is -2.75. The molecule has 0 aromatic heterocycles. The van der Waals surface area contributed by atoms with Crippen LogP contribution in [0.3, 0.4) is 0 Å². The van der Waals surface area contributed by atoms with Crippen LogP contribution in [-0.2, 0) is 5.41 Å². The standard InChI is InChI=1S/C59H38N2Si/c1-2-20-39(21-3-1)60-49-31-13-9-27-45(49)59(46-28-10-14-32-50(46)60)47-29-11-15-33-51(47)61(52-34-16-12-30-48(52)59)53-38-57-58(43-25-5-4-22-40(43)53)44-26-8-19-37-56(44)62(57)54-35-17-6-23-41(54)42-24-7-18-36-55(42)62/h1-38H. The van der Waals surface area contributed by atoms with E-state index >= 15 is 0 Å². The van der Waals surface area contributed by atoms with Gasteiger partial charge in [-0.2, -0.15) is 0 Å². The van der Waals surface area contributed by atoms with Crippen molar-refractivity contribution in [2.24, 2.45) is 0 Å². The van der Waals surface area contributed by atoms with Crippen LogP contribution >= 0.6 is 0 Å². The SMILES string of the molecule is c1ccc(N2c3ccccc3C3(c4ccccc42)c2ccccc2N(c2cc4c(c5ccccc25)-c2ccccc2[Si]42c4ccccc4-c4ccccc42)c2ccccc23)cc1. The average Bonchev–Trinajstić information content (AvgIpc) is 3.82. The van der Waals surface area contributed by atoms with Crippen LogP contribution in [-0.4, -0.2) is 8.07 Å². The van der Waals surface area contributed by atoms with Gasteiger partial charge in [0.15, 0.2) is 8.07 Å². The van der Waals surface area contributed by atoms with Gasteiger partial charge in [-0.05, 0) is 113 Å². The van der Waals surface area contributed by atoms with Crippen molar-refractivity contribution in [3.63, 3.8) is 0 Å².